The fourth-order valence-corrected chi connectivity index (χ4v) is 1.49. The van der Waals surface area contributed by atoms with E-state index in [1.165, 1.54) is 0 Å². The van der Waals surface area contributed by atoms with E-state index in [1.54, 1.807) is 0 Å². The zero-order valence-electron chi connectivity index (χ0n) is 5.56. The highest BCUT2D eigenvalue weighted by Gasteiger charge is 2.03. The van der Waals surface area contributed by atoms with Crippen LogP contribution in [0, 0.1) is 0 Å². The summed E-state index contributed by atoms with van der Waals surface area (Å²) in [5.41, 5.74) is 0. The SMILES string of the molecule is O=[PH](OCCCl)OCC(Cl)Cl. The summed E-state index contributed by atoms with van der Waals surface area (Å²) in [6.07, 6.45) is 0. The second-order valence-corrected chi connectivity index (χ2v) is 4.22. The van der Waals surface area contributed by atoms with E-state index in [1.807, 2.05) is 0 Å². The van der Waals surface area contributed by atoms with E-state index in [-0.39, 0.29) is 19.1 Å². The molecule has 0 aromatic heterocycles. The van der Waals surface area contributed by atoms with Crippen molar-refractivity contribution in [3.05, 3.63) is 0 Å². The summed E-state index contributed by atoms with van der Waals surface area (Å²) < 4.78 is 19.9. The molecule has 0 rings (SSSR count). The van der Waals surface area contributed by atoms with E-state index in [0.29, 0.717) is 0 Å². The van der Waals surface area contributed by atoms with E-state index in [9.17, 15) is 4.57 Å². The van der Waals surface area contributed by atoms with Gasteiger partial charge in [0.2, 0.25) is 0 Å². The van der Waals surface area contributed by atoms with Gasteiger partial charge in [-0.25, -0.2) is 0 Å². The van der Waals surface area contributed by atoms with Gasteiger partial charge in [0.15, 0.2) is 0 Å². The van der Waals surface area contributed by atoms with Gasteiger partial charge in [-0.05, 0) is 0 Å². The standard InChI is InChI=1S/C4H8Cl3O3P/c5-1-2-9-11(8)10-3-4(6)7/h4,11H,1-3H2. The minimum Gasteiger partial charge on any atom is -0.309 e. The average molecular weight is 241 g/mol. The lowest BCUT2D eigenvalue weighted by molar-refractivity contribution is 0.242. The summed E-state index contributed by atoms with van der Waals surface area (Å²) in [4.78, 5) is -0.677. The summed E-state index contributed by atoms with van der Waals surface area (Å²) >= 11 is 15.8. The number of alkyl halides is 3. The van der Waals surface area contributed by atoms with Crippen LogP contribution in [0.4, 0.5) is 0 Å². The number of hydrogen-bond acceptors (Lipinski definition) is 3. The van der Waals surface area contributed by atoms with Crippen LogP contribution in [0.5, 0.6) is 0 Å². The third kappa shape index (κ3) is 8.93. The van der Waals surface area contributed by atoms with E-state index >= 15 is 0 Å². The predicted octanol–water partition coefficient (Wildman–Crippen LogP) is 2.45. The van der Waals surface area contributed by atoms with E-state index < -0.39 is 13.1 Å². The molecular weight excluding hydrogens is 233 g/mol. The zero-order chi connectivity index (χ0) is 8.69. The van der Waals surface area contributed by atoms with Crippen molar-refractivity contribution in [2.75, 3.05) is 19.1 Å². The zero-order valence-corrected chi connectivity index (χ0v) is 8.83. The molecule has 0 aromatic carbocycles. The Bertz CT molecular complexity index is 121. The van der Waals surface area contributed by atoms with Crippen LogP contribution in [0.2, 0.25) is 0 Å². The van der Waals surface area contributed by atoms with E-state index in [4.69, 9.17) is 34.8 Å². The molecule has 0 fully saturated rings. The van der Waals surface area contributed by atoms with Crippen molar-refractivity contribution >= 4 is 43.1 Å². The Morgan fingerprint density at radius 1 is 1.36 bits per heavy atom. The lowest BCUT2D eigenvalue weighted by atomic mass is 10.9. The summed E-state index contributed by atoms with van der Waals surface area (Å²) in [6.45, 7) is 0.206. The largest absolute Gasteiger partial charge is 0.319 e. The molecule has 1 unspecified atom stereocenters. The van der Waals surface area contributed by atoms with Crippen LogP contribution in [0.25, 0.3) is 0 Å². The van der Waals surface area contributed by atoms with Gasteiger partial charge >= 0.3 is 8.25 Å². The first-order valence-corrected chi connectivity index (χ1v) is 5.43. The molecule has 0 spiro atoms. The van der Waals surface area contributed by atoms with Gasteiger partial charge in [0, 0.05) is 5.88 Å². The molecule has 0 aromatic rings. The molecule has 0 saturated heterocycles. The Kier molecular flexibility index (Phi) is 8.37. The quantitative estimate of drug-likeness (QED) is 0.529. The van der Waals surface area contributed by atoms with Crippen LogP contribution >= 0.6 is 43.1 Å². The second kappa shape index (κ2) is 7.66. The molecule has 0 amide bonds. The van der Waals surface area contributed by atoms with Crippen molar-refractivity contribution < 1.29 is 13.6 Å². The number of rotatable bonds is 6. The van der Waals surface area contributed by atoms with Crippen LogP contribution < -0.4 is 0 Å². The topological polar surface area (TPSA) is 35.5 Å². The number of halogens is 3. The van der Waals surface area contributed by atoms with Gasteiger partial charge in [0.25, 0.3) is 0 Å². The van der Waals surface area contributed by atoms with Crippen LogP contribution in [0.1, 0.15) is 0 Å². The van der Waals surface area contributed by atoms with E-state index in [0.717, 1.165) is 0 Å². The second-order valence-electron chi connectivity index (χ2n) is 1.49. The normalized spacial score (nSPS) is 13.8. The Labute approximate surface area is 80.8 Å². The smallest absolute Gasteiger partial charge is 0.309 e. The Morgan fingerprint density at radius 3 is 2.45 bits per heavy atom. The molecule has 7 heteroatoms. The minimum atomic E-state index is -2.45. The first kappa shape index (κ1) is 12.0. The molecule has 0 bridgehead atoms. The van der Waals surface area contributed by atoms with Gasteiger partial charge in [0.05, 0.1) is 13.2 Å². The third-order valence-electron chi connectivity index (χ3n) is 0.624. The molecular formula is C4H8Cl3O3P. The Balaban J connectivity index is 3.23. The van der Waals surface area contributed by atoms with Crippen molar-refractivity contribution in [2.24, 2.45) is 0 Å². The van der Waals surface area contributed by atoms with Crippen LogP contribution in [-0.4, -0.2) is 23.9 Å². The summed E-state index contributed by atoms with van der Waals surface area (Å²) in [5.74, 6) is 0.283. The Morgan fingerprint density at radius 2 is 2.00 bits per heavy atom. The first-order chi connectivity index (χ1) is 5.16. The maximum Gasteiger partial charge on any atom is 0.319 e. The van der Waals surface area contributed by atoms with Crippen molar-refractivity contribution in [2.45, 2.75) is 4.84 Å². The van der Waals surface area contributed by atoms with Crippen molar-refractivity contribution in [1.82, 2.24) is 0 Å². The molecule has 0 radical (unpaired) electrons. The van der Waals surface area contributed by atoms with Gasteiger partial charge in [-0.3, -0.25) is 4.57 Å². The lowest BCUT2D eigenvalue weighted by Gasteiger charge is -2.03. The third-order valence-corrected chi connectivity index (χ3v) is 1.87. The predicted molar refractivity (Wildman–Crippen MR) is 47.1 cm³/mol. The van der Waals surface area contributed by atoms with Crippen LogP contribution in [-0.2, 0) is 13.6 Å². The van der Waals surface area contributed by atoms with Gasteiger partial charge in [0.1, 0.15) is 4.84 Å². The molecule has 68 valence electrons. The lowest BCUT2D eigenvalue weighted by Crippen LogP contribution is -1.98. The molecule has 0 saturated carbocycles. The van der Waals surface area contributed by atoms with E-state index in [2.05, 4.69) is 9.05 Å². The molecule has 0 aliphatic carbocycles. The van der Waals surface area contributed by atoms with Gasteiger partial charge in [-0.1, -0.05) is 0 Å². The fraction of sp³-hybridized carbons (Fsp3) is 1.00. The minimum absolute atomic E-state index is 0.00317. The maximum atomic E-state index is 10.7. The van der Waals surface area contributed by atoms with Gasteiger partial charge < -0.3 is 9.05 Å². The van der Waals surface area contributed by atoms with Crippen LogP contribution in [0.15, 0.2) is 0 Å². The van der Waals surface area contributed by atoms with Gasteiger partial charge in [-0.2, -0.15) is 0 Å². The first-order valence-electron chi connectivity index (χ1n) is 2.80. The molecule has 0 aliphatic rings. The maximum absolute atomic E-state index is 10.7. The van der Waals surface area contributed by atoms with Gasteiger partial charge in [-0.15, -0.1) is 34.8 Å². The fourth-order valence-electron chi connectivity index (χ4n) is 0.295. The monoisotopic (exact) mass is 240 g/mol. The van der Waals surface area contributed by atoms with Crippen molar-refractivity contribution in [1.29, 1.82) is 0 Å². The summed E-state index contributed by atoms with van der Waals surface area (Å²) in [5, 5.41) is 0. The molecule has 0 aliphatic heterocycles. The molecule has 11 heavy (non-hydrogen) atoms. The Hall–Kier alpha value is 1.02. The molecule has 0 N–H and O–H groups in total. The molecule has 0 heterocycles. The molecule has 1 atom stereocenters. The highest BCUT2D eigenvalue weighted by molar-refractivity contribution is 7.33. The van der Waals surface area contributed by atoms with Crippen molar-refractivity contribution in [3.63, 3.8) is 0 Å². The van der Waals surface area contributed by atoms with Crippen LogP contribution in [0.3, 0.4) is 0 Å². The average Bonchev–Trinajstić information content (AvgIpc) is 1.97. The highest BCUT2D eigenvalue weighted by atomic mass is 35.5. The molecule has 3 nitrogen and oxygen atoms in total. The van der Waals surface area contributed by atoms with Crippen molar-refractivity contribution in [3.8, 4) is 0 Å². The summed E-state index contributed by atoms with van der Waals surface area (Å²) in [7, 11) is -2.45. The highest BCUT2D eigenvalue weighted by Crippen LogP contribution is 2.24. The summed E-state index contributed by atoms with van der Waals surface area (Å²) in [6, 6.07) is 0. The number of hydrogen-bond donors (Lipinski definition) is 0.